The van der Waals surface area contributed by atoms with Crippen LogP contribution in [0.25, 0.3) is 28.1 Å². The lowest BCUT2D eigenvalue weighted by Crippen LogP contribution is -2.30. The lowest BCUT2D eigenvalue weighted by Gasteiger charge is -2.42. The minimum absolute atomic E-state index is 0.0810. The largest absolute Gasteiger partial charge is 0.310 e. The number of hydrogen-bond acceptors (Lipinski definition) is 2. The fourth-order valence-corrected chi connectivity index (χ4v) is 5.79. The molecule has 37 heavy (non-hydrogen) atoms. The fraction of sp³-hybridized carbons (Fsp3) is 0.0882. The lowest BCUT2D eigenvalue weighted by molar-refractivity contribution is 0.632. The van der Waals surface area contributed by atoms with Crippen LogP contribution in [0.4, 0.5) is 17.1 Å². The third-order valence-electron chi connectivity index (χ3n) is 7.58. The second kappa shape index (κ2) is 8.21. The van der Waals surface area contributed by atoms with E-state index in [1.807, 2.05) is 12.1 Å². The first-order chi connectivity index (χ1) is 18.1. The van der Waals surface area contributed by atoms with Gasteiger partial charge in [0.05, 0.1) is 22.4 Å². The Bertz CT molecular complexity index is 1710. The first-order valence-electron chi connectivity index (χ1n) is 12.8. The van der Waals surface area contributed by atoms with Crippen LogP contribution in [0.2, 0.25) is 0 Å². The van der Waals surface area contributed by atoms with E-state index in [1.165, 1.54) is 22.5 Å². The molecule has 0 atom stereocenters. The van der Waals surface area contributed by atoms with Crippen LogP contribution in [0.3, 0.4) is 0 Å². The highest BCUT2D eigenvalue weighted by Gasteiger charge is 2.36. The quantitative estimate of drug-likeness (QED) is 0.254. The summed E-state index contributed by atoms with van der Waals surface area (Å²) in [5.41, 5.74) is 10.4. The Hall–Kier alpha value is -4.63. The number of para-hydroxylation sites is 4. The summed E-state index contributed by atoms with van der Waals surface area (Å²) in [6, 6.07) is 45.2. The van der Waals surface area contributed by atoms with Gasteiger partial charge in [-0.3, -0.25) is 4.57 Å². The number of imidazole rings is 1. The van der Waals surface area contributed by atoms with Crippen LogP contribution in [0.15, 0.2) is 127 Å². The molecule has 0 radical (unpaired) electrons. The van der Waals surface area contributed by atoms with Crippen molar-refractivity contribution in [2.24, 2.45) is 0 Å². The van der Waals surface area contributed by atoms with Crippen molar-refractivity contribution in [2.45, 2.75) is 19.3 Å². The molecule has 3 heteroatoms. The maximum absolute atomic E-state index is 5.04. The van der Waals surface area contributed by atoms with Crippen molar-refractivity contribution in [3.05, 3.63) is 139 Å². The highest BCUT2D eigenvalue weighted by Crippen LogP contribution is 2.51. The topological polar surface area (TPSA) is 21.1 Å². The number of aromatic nitrogens is 2. The number of hydrogen-bond donors (Lipinski definition) is 0. The molecule has 0 saturated carbocycles. The van der Waals surface area contributed by atoms with Crippen LogP contribution >= 0.6 is 0 Å². The first kappa shape index (κ1) is 21.6. The maximum atomic E-state index is 5.04. The van der Waals surface area contributed by atoms with E-state index in [-0.39, 0.29) is 5.41 Å². The summed E-state index contributed by atoms with van der Waals surface area (Å²) in [4.78, 5) is 7.45. The monoisotopic (exact) mass is 477 g/mol. The molecule has 1 aromatic heterocycles. The Morgan fingerprint density at radius 3 is 1.89 bits per heavy atom. The van der Waals surface area contributed by atoms with Gasteiger partial charge in [-0.05, 0) is 53.6 Å². The van der Waals surface area contributed by atoms with Gasteiger partial charge in [-0.2, -0.15) is 0 Å². The summed E-state index contributed by atoms with van der Waals surface area (Å²) in [7, 11) is 0. The van der Waals surface area contributed by atoms with Gasteiger partial charge in [0, 0.05) is 22.4 Å². The van der Waals surface area contributed by atoms with Crippen LogP contribution in [-0.2, 0) is 5.41 Å². The molecule has 0 saturated heterocycles. The predicted octanol–water partition coefficient (Wildman–Crippen LogP) is 8.80. The van der Waals surface area contributed by atoms with E-state index in [0.717, 1.165) is 33.8 Å². The smallest absolute Gasteiger partial charge is 0.145 e. The second-order valence-electron chi connectivity index (χ2n) is 10.1. The Morgan fingerprint density at radius 1 is 0.568 bits per heavy atom. The Labute approximate surface area is 217 Å². The molecule has 0 aliphatic carbocycles. The van der Waals surface area contributed by atoms with E-state index in [9.17, 15) is 0 Å². The normalized spacial score (nSPS) is 13.8. The number of rotatable bonds is 3. The van der Waals surface area contributed by atoms with Gasteiger partial charge < -0.3 is 4.90 Å². The Balaban J connectivity index is 1.47. The summed E-state index contributed by atoms with van der Waals surface area (Å²) in [6.07, 6.45) is 0. The van der Waals surface area contributed by atoms with Crippen molar-refractivity contribution >= 4 is 28.1 Å². The zero-order valence-corrected chi connectivity index (χ0v) is 21.0. The summed E-state index contributed by atoms with van der Waals surface area (Å²) in [5.74, 6) is 0.944. The van der Waals surface area contributed by atoms with Crippen molar-refractivity contribution in [3.63, 3.8) is 0 Å². The van der Waals surface area contributed by atoms with Crippen molar-refractivity contribution in [2.75, 3.05) is 4.90 Å². The third kappa shape index (κ3) is 3.31. The number of anilines is 3. The van der Waals surface area contributed by atoms with Gasteiger partial charge in [0.2, 0.25) is 0 Å². The molecule has 0 amide bonds. The molecule has 6 aromatic rings. The third-order valence-corrected chi connectivity index (χ3v) is 7.58. The van der Waals surface area contributed by atoms with Crippen LogP contribution in [0.5, 0.6) is 0 Å². The molecule has 0 fully saturated rings. The molecule has 1 aliphatic heterocycles. The van der Waals surface area contributed by atoms with Gasteiger partial charge in [-0.25, -0.2) is 4.98 Å². The average Bonchev–Trinajstić information content (AvgIpc) is 3.34. The first-order valence-corrected chi connectivity index (χ1v) is 12.8. The number of benzene rings is 5. The average molecular weight is 478 g/mol. The number of fused-ring (bicyclic) bond motifs is 3. The van der Waals surface area contributed by atoms with E-state index < -0.39 is 0 Å². The summed E-state index contributed by atoms with van der Waals surface area (Å²) in [6.45, 7) is 4.64. The Kier molecular flexibility index (Phi) is 4.80. The predicted molar refractivity (Wildman–Crippen MR) is 153 cm³/mol. The zero-order chi connectivity index (χ0) is 25.0. The molecule has 7 rings (SSSR count). The van der Waals surface area contributed by atoms with Gasteiger partial charge >= 0.3 is 0 Å². The maximum Gasteiger partial charge on any atom is 0.145 e. The molecule has 5 aromatic carbocycles. The molecular weight excluding hydrogens is 450 g/mol. The molecule has 0 bridgehead atoms. The number of nitrogens with zero attached hydrogens (tertiary/aromatic N) is 3. The van der Waals surface area contributed by atoms with Gasteiger partial charge in [-0.15, -0.1) is 0 Å². The van der Waals surface area contributed by atoms with Gasteiger partial charge in [0.25, 0.3) is 0 Å². The second-order valence-corrected chi connectivity index (χ2v) is 10.1. The van der Waals surface area contributed by atoms with Crippen LogP contribution < -0.4 is 4.90 Å². The van der Waals surface area contributed by atoms with Crippen LogP contribution in [0.1, 0.15) is 25.0 Å². The summed E-state index contributed by atoms with van der Waals surface area (Å²) in [5, 5.41) is 0. The van der Waals surface area contributed by atoms with Crippen LogP contribution in [-0.4, -0.2) is 9.55 Å². The van der Waals surface area contributed by atoms with Crippen molar-refractivity contribution in [3.8, 4) is 17.1 Å². The highest BCUT2D eigenvalue weighted by molar-refractivity contribution is 5.88. The fourth-order valence-electron chi connectivity index (χ4n) is 5.79. The van der Waals surface area contributed by atoms with E-state index in [2.05, 4.69) is 139 Å². The Morgan fingerprint density at radius 2 is 1.16 bits per heavy atom. The van der Waals surface area contributed by atoms with Gasteiger partial charge in [-0.1, -0.05) is 98.8 Å². The van der Waals surface area contributed by atoms with Crippen molar-refractivity contribution < 1.29 is 0 Å². The summed E-state index contributed by atoms with van der Waals surface area (Å²) >= 11 is 0. The minimum atomic E-state index is -0.0810. The van der Waals surface area contributed by atoms with E-state index in [4.69, 9.17) is 4.98 Å². The van der Waals surface area contributed by atoms with Crippen molar-refractivity contribution in [1.82, 2.24) is 9.55 Å². The zero-order valence-electron chi connectivity index (χ0n) is 21.0. The minimum Gasteiger partial charge on any atom is -0.310 e. The van der Waals surface area contributed by atoms with E-state index in [0.29, 0.717) is 0 Å². The van der Waals surface area contributed by atoms with E-state index in [1.54, 1.807) is 0 Å². The SMILES string of the molecule is CC1(C)c2ccccc2N(c2cccc(-n3c(-c4ccccc4)nc4ccccc43)c2)c2ccccc21. The molecule has 3 nitrogen and oxygen atoms in total. The molecule has 0 spiro atoms. The van der Waals surface area contributed by atoms with Gasteiger partial charge in [0.15, 0.2) is 0 Å². The molecule has 2 heterocycles. The summed E-state index contributed by atoms with van der Waals surface area (Å²) < 4.78 is 2.28. The standard InChI is InChI=1S/C34H27N3/c1-34(2)27-17-6-9-20-30(27)36(31-21-10-7-18-28(31)34)25-15-12-16-26(23-25)37-32-22-11-8-19-29(32)35-33(37)24-13-4-3-5-14-24/h3-23H,1-2H3. The van der Waals surface area contributed by atoms with E-state index >= 15 is 0 Å². The van der Waals surface area contributed by atoms with Crippen molar-refractivity contribution in [1.29, 1.82) is 0 Å². The molecule has 0 unspecified atom stereocenters. The molecule has 1 aliphatic rings. The molecule has 0 N–H and O–H groups in total. The molecular formula is C34H27N3. The lowest BCUT2D eigenvalue weighted by atomic mass is 9.73. The van der Waals surface area contributed by atoms with Crippen LogP contribution in [0, 0.1) is 0 Å². The van der Waals surface area contributed by atoms with Gasteiger partial charge in [0.1, 0.15) is 5.82 Å². The molecule has 178 valence electrons. The highest BCUT2D eigenvalue weighted by atomic mass is 15.2.